The number of nitrogens with two attached hydrogens (primary N) is 1. The minimum absolute atomic E-state index is 0.187. The molecule has 0 spiro atoms. The van der Waals surface area contributed by atoms with E-state index in [0.29, 0.717) is 16.9 Å². The summed E-state index contributed by atoms with van der Waals surface area (Å²) in [6.07, 6.45) is 1.59. The fourth-order valence-corrected chi connectivity index (χ4v) is 2.00. The zero-order valence-electron chi connectivity index (χ0n) is 10.7. The third-order valence-corrected chi connectivity index (χ3v) is 3.31. The summed E-state index contributed by atoms with van der Waals surface area (Å²) in [7, 11) is 0. The topological polar surface area (TPSA) is 68.0 Å². The number of anilines is 2. The first kappa shape index (κ1) is 13.5. The smallest absolute Gasteiger partial charge is 0.256 e. The van der Waals surface area contributed by atoms with Gasteiger partial charge in [0.1, 0.15) is 4.60 Å². The predicted molar refractivity (Wildman–Crippen MR) is 80.2 cm³/mol. The Morgan fingerprint density at radius 2 is 2.00 bits per heavy atom. The summed E-state index contributed by atoms with van der Waals surface area (Å²) in [6, 6.07) is 7.16. The van der Waals surface area contributed by atoms with Crippen LogP contribution in [0.4, 0.5) is 11.4 Å². The molecule has 1 aromatic carbocycles. The van der Waals surface area contributed by atoms with Gasteiger partial charge in [0, 0.05) is 11.3 Å². The second kappa shape index (κ2) is 5.40. The molecule has 0 fully saturated rings. The average Bonchev–Trinajstić information content (AvgIpc) is 2.36. The number of halogens is 1. The van der Waals surface area contributed by atoms with E-state index in [-0.39, 0.29) is 5.91 Å². The number of aromatic nitrogens is 1. The molecule has 2 rings (SSSR count). The summed E-state index contributed by atoms with van der Waals surface area (Å²) in [6.45, 7) is 3.81. The fraction of sp³-hybridized carbons (Fsp3) is 0.143. The maximum Gasteiger partial charge on any atom is 0.256 e. The SMILES string of the molecule is Cc1cc(C)c(C(=O)Nc2ccc(Br)nc2)cc1N. The number of rotatable bonds is 2. The quantitative estimate of drug-likeness (QED) is 0.659. The summed E-state index contributed by atoms with van der Waals surface area (Å²) in [4.78, 5) is 16.2. The molecular formula is C14H14BrN3O. The Bertz CT molecular complexity index is 623. The van der Waals surface area contributed by atoms with Crippen LogP contribution in [0, 0.1) is 13.8 Å². The van der Waals surface area contributed by atoms with E-state index in [1.54, 1.807) is 24.4 Å². The zero-order valence-corrected chi connectivity index (χ0v) is 12.3. The summed E-state index contributed by atoms with van der Waals surface area (Å²) in [5, 5.41) is 2.80. The van der Waals surface area contributed by atoms with Crippen molar-refractivity contribution in [1.29, 1.82) is 0 Å². The molecule has 0 radical (unpaired) electrons. The lowest BCUT2D eigenvalue weighted by molar-refractivity contribution is 0.102. The fourth-order valence-electron chi connectivity index (χ4n) is 1.76. The third-order valence-electron chi connectivity index (χ3n) is 2.84. The molecule has 0 atom stereocenters. The van der Waals surface area contributed by atoms with Crippen LogP contribution in [-0.2, 0) is 0 Å². The minimum atomic E-state index is -0.187. The van der Waals surface area contributed by atoms with E-state index in [1.165, 1.54) is 0 Å². The van der Waals surface area contributed by atoms with E-state index in [2.05, 4.69) is 26.2 Å². The summed E-state index contributed by atoms with van der Waals surface area (Å²) < 4.78 is 0.723. The maximum absolute atomic E-state index is 12.2. The van der Waals surface area contributed by atoms with E-state index < -0.39 is 0 Å². The number of nitrogen functional groups attached to an aromatic ring is 1. The monoisotopic (exact) mass is 319 g/mol. The van der Waals surface area contributed by atoms with Crippen molar-refractivity contribution in [3.8, 4) is 0 Å². The number of hydrogen-bond acceptors (Lipinski definition) is 3. The zero-order chi connectivity index (χ0) is 14.0. The first-order valence-electron chi connectivity index (χ1n) is 5.77. The standard InChI is InChI=1S/C14H14BrN3O/c1-8-5-9(2)12(16)6-11(8)14(19)18-10-3-4-13(15)17-7-10/h3-7H,16H2,1-2H3,(H,18,19). The molecule has 0 aliphatic rings. The van der Waals surface area contributed by atoms with Crippen LogP contribution < -0.4 is 11.1 Å². The number of nitrogens with zero attached hydrogens (tertiary/aromatic N) is 1. The van der Waals surface area contributed by atoms with Gasteiger partial charge in [-0.3, -0.25) is 4.79 Å². The number of carbonyl (C=O) groups is 1. The van der Waals surface area contributed by atoms with E-state index in [9.17, 15) is 4.79 Å². The van der Waals surface area contributed by atoms with Crippen molar-refractivity contribution in [2.75, 3.05) is 11.1 Å². The molecule has 1 aromatic heterocycles. The number of nitrogens with one attached hydrogen (secondary N) is 1. The van der Waals surface area contributed by atoms with Crippen molar-refractivity contribution >= 4 is 33.2 Å². The molecule has 1 amide bonds. The van der Waals surface area contributed by atoms with E-state index in [0.717, 1.165) is 15.7 Å². The Kier molecular flexibility index (Phi) is 3.85. The van der Waals surface area contributed by atoms with Gasteiger partial charge in [0.05, 0.1) is 11.9 Å². The molecule has 0 saturated heterocycles. The van der Waals surface area contributed by atoms with Crippen LogP contribution in [0.5, 0.6) is 0 Å². The first-order valence-corrected chi connectivity index (χ1v) is 6.56. The summed E-state index contributed by atoms with van der Waals surface area (Å²) >= 11 is 3.25. The number of hydrogen-bond donors (Lipinski definition) is 2. The molecule has 3 N–H and O–H groups in total. The molecule has 5 heteroatoms. The normalized spacial score (nSPS) is 10.3. The summed E-state index contributed by atoms with van der Waals surface area (Å²) in [5.41, 5.74) is 9.55. The predicted octanol–water partition coefficient (Wildman–Crippen LogP) is 3.30. The molecule has 1 heterocycles. The number of amides is 1. The third kappa shape index (κ3) is 3.12. The molecule has 2 aromatic rings. The lowest BCUT2D eigenvalue weighted by Gasteiger charge is -2.10. The van der Waals surface area contributed by atoms with Crippen LogP contribution in [0.2, 0.25) is 0 Å². The number of aryl methyl sites for hydroxylation is 2. The molecule has 0 saturated carbocycles. The Labute approximate surface area is 120 Å². The van der Waals surface area contributed by atoms with Crippen LogP contribution in [-0.4, -0.2) is 10.9 Å². The lowest BCUT2D eigenvalue weighted by Crippen LogP contribution is -2.14. The summed E-state index contributed by atoms with van der Waals surface area (Å²) in [5.74, 6) is -0.187. The molecule has 4 nitrogen and oxygen atoms in total. The van der Waals surface area contributed by atoms with Crippen molar-refractivity contribution in [1.82, 2.24) is 4.98 Å². The molecule has 0 unspecified atom stereocenters. The molecular weight excluding hydrogens is 306 g/mol. The molecule has 98 valence electrons. The van der Waals surface area contributed by atoms with Crippen molar-refractivity contribution in [3.05, 3.63) is 51.8 Å². The highest BCUT2D eigenvalue weighted by molar-refractivity contribution is 9.10. The maximum atomic E-state index is 12.2. The second-order valence-electron chi connectivity index (χ2n) is 4.35. The van der Waals surface area contributed by atoms with Gasteiger partial charge in [0.15, 0.2) is 0 Å². The Morgan fingerprint density at radius 1 is 1.26 bits per heavy atom. The highest BCUT2D eigenvalue weighted by Crippen LogP contribution is 2.19. The van der Waals surface area contributed by atoms with Crippen LogP contribution in [0.1, 0.15) is 21.5 Å². The van der Waals surface area contributed by atoms with Gasteiger partial charge >= 0.3 is 0 Å². The van der Waals surface area contributed by atoms with Crippen LogP contribution in [0.15, 0.2) is 35.1 Å². The van der Waals surface area contributed by atoms with Crippen LogP contribution in [0.3, 0.4) is 0 Å². The Hall–Kier alpha value is -1.88. The van der Waals surface area contributed by atoms with Gasteiger partial charge < -0.3 is 11.1 Å². The van der Waals surface area contributed by atoms with Gasteiger partial charge in [-0.1, -0.05) is 6.07 Å². The van der Waals surface area contributed by atoms with Gasteiger partial charge in [-0.05, 0) is 59.1 Å². The Morgan fingerprint density at radius 3 is 2.63 bits per heavy atom. The second-order valence-corrected chi connectivity index (χ2v) is 5.16. The van der Waals surface area contributed by atoms with Crippen molar-refractivity contribution in [2.24, 2.45) is 0 Å². The van der Waals surface area contributed by atoms with Gasteiger partial charge in [-0.25, -0.2) is 4.98 Å². The number of pyridine rings is 1. The highest BCUT2D eigenvalue weighted by Gasteiger charge is 2.11. The van der Waals surface area contributed by atoms with Crippen molar-refractivity contribution < 1.29 is 4.79 Å². The first-order chi connectivity index (χ1) is 8.97. The van der Waals surface area contributed by atoms with Crippen molar-refractivity contribution in [3.63, 3.8) is 0 Å². The van der Waals surface area contributed by atoms with Gasteiger partial charge in [-0.2, -0.15) is 0 Å². The Balaban J connectivity index is 2.25. The number of benzene rings is 1. The van der Waals surface area contributed by atoms with Crippen LogP contribution >= 0.6 is 15.9 Å². The lowest BCUT2D eigenvalue weighted by atomic mass is 10.0. The van der Waals surface area contributed by atoms with Gasteiger partial charge in [0.25, 0.3) is 5.91 Å². The van der Waals surface area contributed by atoms with E-state index >= 15 is 0 Å². The molecule has 19 heavy (non-hydrogen) atoms. The molecule has 0 aliphatic heterocycles. The van der Waals surface area contributed by atoms with Crippen molar-refractivity contribution in [2.45, 2.75) is 13.8 Å². The highest BCUT2D eigenvalue weighted by atomic mass is 79.9. The van der Waals surface area contributed by atoms with Gasteiger partial charge in [0.2, 0.25) is 0 Å². The largest absolute Gasteiger partial charge is 0.398 e. The van der Waals surface area contributed by atoms with Gasteiger partial charge in [-0.15, -0.1) is 0 Å². The molecule has 0 bridgehead atoms. The average molecular weight is 320 g/mol. The van der Waals surface area contributed by atoms with Crippen LogP contribution in [0.25, 0.3) is 0 Å². The number of carbonyl (C=O) groups excluding carboxylic acids is 1. The van der Waals surface area contributed by atoms with E-state index in [1.807, 2.05) is 19.9 Å². The molecule has 0 aliphatic carbocycles. The minimum Gasteiger partial charge on any atom is -0.398 e. The van der Waals surface area contributed by atoms with E-state index in [4.69, 9.17) is 5.73 Å².